The molecule has 5 rings (SSSR count). The van der Waals surface area contributed by atoms with Crippen molar-refractivity contribution in [3.05, 3.63) is 64.4 Å². The van der Waals surface area contributed by atoms with E-state index < -0.39 is 0 Å². The molecule has 1 aliphatic carbocycles. The summed E-state index contributed by atoms with van der Waals surface area (Å²) in [5, 5.41) is 0. The first-order chi connectivity index (χ1) is 14.8. The van der Waals surface area contributed by atoms with Crippen LogP contribution >= 0.6 is 0 Å². The van der Waals surface area contributed by atoms with E-state index in [4.69, 9.17) is 4.99 Å². The molecule has 158 valence electrons. The number of aliphatic imine (C=N–C) groups is 1. The molecule has 1 saturated carbocycles. The zero-order chi connectivity index (χ0) is 20.3. The SMILES string of the molecule is CC1CCCCCCCCCc2ccc([nH]2)/C=C2\N=C(C=C2C2CC2)c2ccc1[nH]2. The second-order valence-corrected chi connectivity index (χ2v) is 9.58. The molecule has 6 bridgehead atoms. The molecule has 3 nitrogen and oxygen atoms in total. The fourth-order valence-electron chi connectivity index (χ4n) is 4.91. The number of allylic oxidation sites excluding steroid dienone is 2. The van der Waals surface area contributed by atoms with Crippen molar-refractivity contribution in [3.63, 3.8) is 0 Å². The molecule has 0 saturated heterocycles. The van der Waals surface area contributed by atoms with Gasteiger partial charge in [0.2, 0.25) is 0 Å². The lowest BCUT2D eigenvalue weighted by Crippen LogP contribution is -1.98. The van der Waals surface area contributed by atoms with Crippen molar-refractivity contribution >= 4 is 11.8 Å². The fourth-order valence-corrected chi connectivity index (χ4v) is 4.91. The first-order valence-corrected chi connectivity index (χ1v) is 12.2. The number of aromatic amines is 2. The minimum Gasteiger partial charge on any atom is -0.359 e. The third kappa shape index (κ3) is 4.55. The Bertz CT molecular complexity index is 964. The molecule has 2 N–H and O–H groups in total. The molecule has 3 aliphatic rings. The van der Waals surface area contributed by atoms with Gasteiger partial charge in [0, 0.05) is 17.1 Å². The highest BCUT2D eigenvalue weighted by Gasteiger charge is 2.31. The Morgan fingerprint density at radius 1 is 0.800 bits per heavy atom. The number of aryl methyl sites for hydroxylation is 1. The monoisotopic (exact) mass is 401 g/mol. The number of hydrogen-bond donors (Lipinski definition) is 2. The van der Waals surface area contributed by atoms with Crippen LogP contribution in [-0.4, -0.2) is 15.7 Å². The molecule has 0 aromatic carbocycles. The predicted octanol–water partition coefficient (Wildman–Crippen LogP) is 7.30. The Labute approximate surface area is 180 Å². The maximum atomic E-state index is 5.06. The molecule has 1 unspecified atom stereocenters. The summed E-state index contributed by atoms with van der Waals surface area (Å²) in [6, 6.07) is 8.98. The van der Waals surface area contributed by atoms with E-state index in [-0.39, 0.29) is 0 Å². The summed E-state index contributed by atoms with van der Waals surface area (Å²) in [7, 11) is 0. The first-order valence-electron chi connectivity index (χ1n) is 12.2. The van der Waals surface area contributed by atoms with Crippen LogP contribution < -0.4 is 0 Å². The standard InChI is InChI=1S/C27H35N3/c1-19-9-7-5-3-2-4-6-8-10-21-13-14-22(28-21)17-26-23(20-11-12-20)18-27(30-26)25-16-15-24(19)29-25/h13-20,28-29H,2-12H2,1H3/b26-17-. The molecule has 0 spiro atoms. The topological polar surface area (TPSA) is 43.9 Å². The van der Waals surface area contributed by atoms with E-state index in [0.29, 0.717) is 11.8 Å². The lowest BCUT2D eigenvalue weighted by Gasteiger charge is -2.09. The van der Waals surface area contributed by atoms with Crippen molar-refractivity contribution in [2.24, 2.45) is 10.9 Å². The van der Waals surface area contributed by atoms with Crippen LogP contribution in [0.25, 0.3) is 6.08 Å². The van der Waals surface area contributed by atoms with Crippen LogP contribution in [0.1, 0.15) is 99.8 Å². The van der Waals surface area contributed by atoms with Crippen molar-refractivity contribution in [2.75, 3.05) is 0 Å². The smallest absolute Gasteiger partial charge is 0.0875 e. The second-order valence-electron chi connectivity index (χ2n) is 9.58. The number of fused-ring (bicyclic) bond motifs is 6. The van der Waals surface area contributed by atoms with Gasteiger partial charge in [-0.15, -0.1) is 0 Å². The van der Waals surface area contributed by atoms with Crippen molar-refractivity contribution < 1.29 is 0 Å². The maximum Gasteiger partial charge on any atom is 0.0875 e. The summed E-state index contributed by atoms with van der Waals surface area (Å²) in [4.78, 5) is 12.4. The van der Waals surface area contributed by atoms with Crippen LogP contribution in [0.2, 0.25) is 0 Å². The maximum absolute atomic E-state index is 5.06. The molecule has 4 heterocycles. The van der Waals surface area contributed by atoms with Crippen LogP contribution in [0.15, 0.2) is 46.6 Å². The predicted molar refractivity (Wildman–Crippen MR) is 126 cm³/mol. The third-order valence-corrected chi connectivity index (χ3v) is 7.01. The Balaban J connectivity index is 1.43. The highest BCUT2D eigenvalue weighted by molar-refractivity contribution is 6.11. The van der Waals surface area contributed by atoms with E-state index in [1.807, 2.05) is 0 Å². The minimum absolute atomic E-state index is 0.589. The summed E-state index contributed by atoms with van der Waals surface area (Å²) < 4.78 is 0. The van der Waals surface area contributed by atoms with E-state index in [9.17, 15) is 0 Å². The Kier molecular flexibility index (Phi) is 5.79. The highest BCUT2D eigenvalue weighted by Crippen LogP contribution is 2.43. The minimum atomic E-state index is 0.589. The largest absolute Gasteiger partial charge is 0.359 e. The van der Waals surface area contributed by atoms with Crippen LogP contribution in [0.5, 0.6) is 0 Å². The number of rotatable bonds is 1. The summed E-state index contributed by atoms with van der Waals surface area (Å²) in [5.41, 5.74) is 8.75. The highest BCUT2D eigenvalue weighted by atomic mass is 14.9. The quantitative estimate of drug-likeness (QED) is 0.503. The van der Waals surface area contributed by atoms with Crippen molar-refractivity contribution in [1.29, 1.82) is 0 Å². The zero-order valence-electron chi connectivity index (χ0n) is 18.3. The van der Waals surface area contributed by atoms with Crippen molar-refractivity contribution in [2.45, 2.75) is 83.5 Å². The van der Waals surface area contributed by atoms with Gasteiger partial charge < -0.3 is 9.97 Å². The molecule has 1 atom stereocenters. The van der Waals surface area contributed by atoms with Crippen LogP contribution in [-0.2, 0) is 6.42 Å². The van der Waals surface area contributed by atoms with Gasteiger partial charge in [0.05, 0.1) is 17.1 Å². The van der Waals surface area contributed by atoms with E-state index in [0.717, 1.165) is 17.8 Å². The average molecular weight is 402 g/mol. The van der Waals surface area contributed by atoms with Crippen LogP contribution in [0.3, 0.4) is 0 Å². The lowest BCUT2D eigenvalue weighted by molar-refractivity contribution is 0.541. The molecule has 2 aromatic heterocycles. The van der Waals surface area contributed by atoms with Gasteiger partial charge >= 0.3 is 0 Å². The van der Waals surface area contributed by atoms with Gasteiger partial charge in [0.1, 0.15) is 0 Å². The molecule has 2 aliphatic heterocycles. The normalized spacial score (nSPS) is 25.2. The van der Waals surface area contributed by atoms with E-state index in [1.54, 1.807) is 0 Å². The van der Waals surface area contributed by atoms with Gasteiger partial charge in [-0.1, -0.05) is 45.4 Å². The van der Waals surface area contributed by atoms with E-state index >= 15 is 0 Å². The van der Waals surface area contributed by atoms with Crippen molar-refractivity contribution in [3.8, 4) is 0 Å². The van der Waals surface area contributed by atoms with Gasteiger partial charge in [0.15, 0.2) is 0 Å². The molecule has 2 aromatic rings. The van der Waals surface area contributed by atoms with Gasteiger partial charge in [-0.25, -0.2) is 4.99 Å². The van der Waals surface area contributed by atoms with E-state index in [2.05, 4.69) is 53.3 Å². The summed E-state index contributed by atoms with van der Waals surface area (Å²) in [5.74, 6) is 1.28. The number of hydrogen-bond acceptors (Lipinski definition) is 1. The summed E-state index contributed by atoms with van der Waals surface area (Å²) in [6.07, 6.45) is 19.1. The van der Waals surface area contributed by atoms with Crippen LogP contribution in [0, 0.1) is 5.92 Å². The number of nitrogens with one attached hydrogen (secondary N) is 2. The number of aromatic nitrogens is 2. The molecule has 0 amide bonds. The van der Waals surface area contributed by atoms with Crippen LogP contribution in [0.4, 0.5) is 0 Å². The molecular formula is C27H35N3. The number of nitrogens with zero attached hydrogens (tertiary/aromatic N) is 1. The first kappa shape index (κ1) is 19.7. The number of H-pyrrole nitrogens is 2. The lowest BCUT2D eigenvalue weighted by atomic mass is 9.99. The molecule has 3 heteroatoms. The molecule has 30 heavy (non-hydrogen) atoms. The Hall–Kier alpha value is -2.29. The Morgan fingerprint density at radius 2 is 1.60 bits per heavy atom. The van der Waals surface area contributed by atoms with Crippen molar-refractivity contribution in [1.82, 2.24) is 9.97 Å². The molecule has 0 radical (unpaired) electrons. The van der Waals surface area contributed by atoms with E-state index in [1.165, 1.54) is 92.6 Å². The summed E-state index contributed by atoms with van der Waals surface area (Å²) in [6.45, 7) is 2.36. The van der Waals surface area contributed by atoms with Gasteiger partial charge in [-0.2, -0.15) is 0 Å². The molecule has 1 fully saturated rings. The third-order valence-electron chi connectivity index (χ3n) is 7.01. The second kappa shape index (κ2) is 8.83. The van der Waals surface area contributed by atoms with Gasteiger partial charge in [0.25, 0.3) is 0 Å². The fraction of sp³-hybridized carbons (Fsp3) is 0.519. The zero-order valence-corrected chi connectivity index (χ0v) is 18.3. The van der Waals surface area contributed by atoms with Gasteiger partial charge in [-0.05, 0) is 85.9 Å². The Morgan fingerprint density at radius 3 is 2.43 bits per heavy atom. The van der Waals surface area contributed by atoms with Gasteiger partial charge in [-0.3, -0.25) is 0 Å². The summed E-state index contributed by atoms with van der Waals surface area (Å²) >= 11 is 0. The molecular weight excluding hydrogens is 366 g/mol. The average Bonchev–Trinajstić information content (AvgIpc) is 3.14.